The maximum absolute atomic E-state index is 10.8. The smallest absolute Gasteiger partial charge is 0.144 e. The molecule has 0 fully saturated rings. The molecule has 9 rings (SSSR count). The number of pyridine rings is 2. The van der Waals surface area contributed by atoms with Crippen LogP contribution in [0.4, 0.5) is 0 Å². The topological polar surface area (TPSA) is 63.6 Å². The molecule has 6 heteroatoms. The average molecular weight is 814 g/mol. The standard InChI is InChI=1S/C43H28N3O2.Pt/c1-27-11-8-12-28(23-27)31-25-36(44-37(26-31)34-16-2-4-19-38(34)47)29-13-9-14-30(24-29)41-42(46-22-7-6-21-40(46)45-41)35-18-10-17-33-32-15-3-5-20-39(32)48-43(33)35;/h2-23,25-26,47H,1H3;/q-1;. The fraction of sp³-hybridized carbons (Fsp3) is 0.0233. The van der Waals surface area contributed by atoms with Crippen LogP contribution in [0, 0.1) is 13.0 Å². The van der Waals surface area contributed by atoms with Crippen LogP contribution in [0.1, 0.15) is 5.56 Å². The van der Waals surface area contributed by atoms with Crippen molar-refractivity contribution in [1.29, 1.82) is 0 Å². The Labute approximate surface area is 297 Å². The van der Waals surface area contributed by atoms with Crippen molar-refractivity contribution in [3.8, 4) is 61.9 Å². The van der Waals surface area contributed by atoms with E-state index in [1.54, 1.807) is 6.07 Å². The van der Waals surface area contributed by atoms with Crippen LogP contribution in [0.25, 0.3) is 83.7 Å². The second kappa shape index (κ2) is 12.4. The second-order valence-corrected chi connectivity index (χ2v) is 12.0. The van der Waals surface area contributed by atoms with Crippen LogP contribution < -0.4 is 0 Å². The molecular formula is C43H28N3O2Pt-. The Bertz CT molecular complexity index is 2670. The van der Waals surface area contributed by atoms with Gasteiger partial charge in [0.15, 0.2) is 0 Å². The monoisotopic (exact) mass is 813 g/mol. The molecule has 0 amide bonds. The Morgan fingerprint density at radius 2 is 1.37 bits per heavy atom. The van der Waals surface area contributed by atoms with Gasteiger partial charge in [0, 0.05) is 60.5 Å². The summed E-state index contributed by atoms with van der Waals surface area (Å²) < 4.78 is 8.60. The van der Waals surface area contributed by atoms with Crippen molar-refractivity contribution >= 4 is 27.6 Å². The molecule has 0 unspecified atom stereocenters. The minimum Gasteiger partial charge on any atom is -0.507 e. The number of aromatic nitrogens is 3. The number of phenolic OH excluding ortho intramolecular Hbond substituents is 1. The van der Waals surface area contributed by atoms with Crippen molar-refractivity contribution in [3.05, 3.63) is 157 Å². The van der Waals surface area contributed by atoms with Crippen LogP contribution in [-0.2, 0) is 21.1 Å². The molecule has 49 heavy (non-hydrogen) atoms. The maximum atomic E-state index is 10.8. The van der Waals surface area contributed by atoms with Gasteiger partial charge in [0.05, 0.1) is 11.4 Å². The first-order valence-electron chi connectivity index (χ1n) is 15.9. The fourth-order valence-corrected chi connectivity index (χ4v) is 6.62. The second-order valence-electron chi connectivity index (χ2n) is 12.0. The quantitative estimate of drug-likeness (QED) is 0.176. The Hall–Kier alpha value is -5.77. The summed E-state index contributed by atoms with van der Waals surface area (Å²) in [6.07, 6.45) is 2.04. The molecule has 1 N–H and O–H groups in total. The minimum atomic E-state index is 0. The van der Waals surface area contributed by atoms with Gasteiger partial charge in [0.25, 0.3) is 0 Å². The number of nitrogens with zero attached hydrogens (tertiary/aromatic N) is 3. The van der Waals surface area contributed by atoms with Gasteiger partial charge >= 0.3 is 0 Å². The van der Waals surface area contributed by atoms with Crippen LogP contribution in [0.5, 0.6) is 5.75 Å². The van der Waals surface area contributed by atoms with Crippen molar-refractivity contribution in [2.24, 2.45) is 0 Å². The molecule has 0 aliphatic heterocycles. The molecule has 0 atom stereocenters. The summed E-state index contributed by atoms with van der Waals surface area (Å²) in [5.41, 5.74) is 12.2. The van der Waals surface area contributed by atoms with Gasteiger partial charge in [0.1, 0.15) is 22.6 Å². The number of fused-ring (bicyclic) bond motifs is 4. The molecule has 0 radical (unpaired) electrons. The summed E-state index contributed by atoms with van der Waals surface area (Å²) >= 11 is 0. The van der Waals surface area contributed by atoms with Gasteiger partial charge in [-0.1, -0.05) is 95.6 Å². The number of furan rings is 1. The van der Waals surface area contributed by atoms with Crippen molar-refractivity contribution < 1.29 is 30.6 Å². The van der Waals surface area contributed by atoms with Crippen molar-refractivity contribution in [2.75, 3.05) is 0 Å². The molecular weight excluding hydrogens is 786 g/mol. The summed E-state index contributed by atoms with van der Waals surface area (Å²) in [6.45, 7) is 2.09. The van der Waals surface area contributed by atoms with Gasteiger partial charge in [-0.25, -0.2) is 0 Å². The number of aromatic hydroxyl groups is 1. The van der Waals surface area contributed by atoms with Gasteiger partial charge in [-0.2, -0.15) is 0 Å². The van der Waals surface area contributed by atoms with E-state index >= 15 is 0 Å². The number of benzene rings is 5. The minimum absolute atomic E-state index is 0. The molecule has 4 heterocycles. The van der Waals surface area contributed by atoms with E-state index in [0.29, 0.717) is 11.3 Å². The predicted molar refractivity (Wildman–Crippen MR) is 193 cm³/mol. The largest absolute Gasteiger partial charge is 0.507 e. The Morgan fingerprint density at radius 3 is 2.27 bits per heavy atom. The normalized spacial score (nSPS) is 11.3. The molecule has 4 aromatic heterocycles. The Kier molecular flexibility index (Phi) is 7.70. The molecule has 0 bridgehead atoms. The van der Waals surface area contributed by atoms with Gasteiger partial charge in [-0.05, 0) is 60.5 Å². The zero-order chi connectivity index (χ0) is 32.2. The molecule has 5 aromatic carbocycles. The van der Waals surface area contributed by atoms with Crippen molar-refractivity contribution in [3.63, 3.8) is 0 Å². The van der Waals surface area contributed by atoms with Gasteiger partial charge in [-0.3, -0.25) is 9.97 Å². The Balaban J connectivity index is 0.00000348. The van der Waals surface area contributed by atoms with E-state index in [-0.39, 0.29) is 26.8 Å². The third kappa shape index (κ3) is 5.33. The molecule has 0 spiro atoms. The SMILES string of the molecule is Cc1cccc(-c2cc(-c3[c-]c(-c4nc5ccccn5c4-c4cccc5c4oc4ccccc45)ccc3)nc(-c3ccccc3O)c2)c1.[Pt]. The molecule has 0 saturated carbocycles. The van der Waals surface area contributed by atoms with Crippen molar-refractivity contribution in [2.45, 2.75) is 6.92 Å². The van der Waals surface area contributed by atoms with E-state index in [9.17, 15) is 5.11 Å². The summed E-state index contributed by atoms with van der Waals surface area (Å²) in [6, 6.07) is 50.1. The molecule has 9 aromatic rings. The Morgan fingerprint density at radius 1 is 0.633 bits per heavy atom. The van der Waals surface area contributed by atoms with E-state index in [4.69, 9.17) is 14.4 Å². The fourth-order valence-electron chi connectivity index (χ4n) is 6.62. The summed E-state index contributed by atoms with van der Waals surface area (Å²) in [7, 11) is 0. The summed E-state index contributed by atoms with van der Waals surface area (Å²) in [5.74, 6) is 0.184. The maximum Gasteiger partial charge on any atom is 0.144 e. The first-order chi connectivity index (χ1) is 23.6. The van der Waals surface area contributed by atoms with E-state index in [2.05, 4.69) is 72.0 Å². The van der Waals surface area contributed by atoms with Crippen LogP contribution in [0.3, 0.4) is 0 Å². The first kappa shape index (κ1) is 30.6. The third-order valence-electron chi connectivity index (χ3n) is 8.87. The molecule has 238 valence electrons. The van der Waals surface area contributed by atoms with Crippen molar-refractivity contribution in [1.82, 2.24) is 14.4 Å². The van der Waals surface area contributed by atoms with Gasteiger partial charge in [0.2, 0.25) is 0 Å². The number of phenols is 1. The van der Waals surface area contributed by atoms with Crippen LogP contribution in [-0.4, -0.2) is 19.5 Å². The van der Waals surface area contributed by atoms with Crippen LogP contribution in [0.2, 0.25) is 0 Å². The van der Waals surface area contributed by atoms with Gasteiger partial charge < -0.3 is 13.9 Å². The number of hydrogen-bond donors (Lipinski definition) is 1. The predicted octanol–water partition coefficient (Wildman–Crippen LogP) is 10.8. The number of aryl methyl sites for hydroxylation is 1. The number of rotatable bonds is 5. The zero-order valence-corrected chi connectivity index (χ0v) is 28.6. The van der Waals surface area contributed by atoms with Crippen LogP contribution >= 0.6 is 0 Å². The molecule has 0 aliphatic rings. The van der Waals surface area contributed by atoms with Gasteiger partial charge in [-0.15, -0.1) is 24.3 Å². The van der Waals surface area contributed by atoms with E-state index in [1.165, 1.54) is 5.56 Å². The molecule has 5 nitrogen and oxygen atoms in total. The molecule has 0 aliphatic carbocycles. The van der Waals surface area contributed by atoms with E-state index < -0.39 is 0 Å². The first-order valence-corrected chi connectivity index (χ1v) is 15.9. The molecule has 0 saturated heterocycles. The van der Waals surface area contributed by atoms with E-state index in [0.717, 1.165) is 72.5 Å². The summed E-state index contributed by atoms with van der Waals surface area (Å²) in [4.78, 5) is 10.2. The van der Waals surface area contributed by atoms with E-state index in [1.807, 2.05) is 85.1 Å². The summed E-state index contributed by atoms with van der Waals surface area (Å²) in [5, 5.41) is 12.9. The number of hydrogen-bond acceptors (Lipinski definition) is 4. The zero-order valence-electron chi connectivity index (χ0n) is 26.4. The average Bonchev–Trinajstić information content (AvgIpc) is 3.71. The van der Waals surface area contributed by atoms with Crippen LogP contribution in [0.15, 0.2) is 150 Å². The third-order valence-corrected chi connectivity index (χ3v) is 8.87. The number of para-hydroxylation sites is 3. The number of imidazole rings is 1.